The number of nitrogens with one attached hydrogen (secondary N) is 1. The largest absolute Gasteiger partial charge is 0.489 e. The van der Waals surface area contributed by atoms with Gasteiger partial charge in [-0.1, -0.05) is 72.3 Å². The molecule has 182 valence electrons. The minimum Gasteiger partial charge on any atom is -0.489 e. The average molecular weight is 478 g/mol. The van der Waals surface area contributed by atoms with E-state index < -0.39 is 0 Å². The van der Waals surface area contributed by atoms with E-state index in [4.69, 9.17) is 9.47 Å². The smallest absolute Gasteiger partial charge is 0.338 e. The van der Waals surface area contributed by atoms with Gasteiger partial charge in [-0.15, -0.1) is 0 Å². The average Bonchev–Trinajstić information content (AvgIpc) is 2.93. The van der Waals surface area contributed by atoms with Gasteiger partial charge < -0.3 is 14.8 Å². The molecule has 0 aromatic heterocycles. The van der Waals surface area contributed by atoms with Crippen molar-refractivity contribution < 1.29 is 14.3 Å². The quantitative estimate of drug-likeness (QED) is 0.305. The van der Waals surface area contributed by atoms with Gasteiger partial charge in [0.15, 0.2) is 0 Å². The Hall–Kier alpha value is -3.89. The Bertz CT molecular complexity index is 1350. The van der Waals surface area contributed by atoms with Gasteiger partial charge in [0.2, 0.25) is 0 Å². The highest BCUT2D eigenvalue weighted by atomic mass is 16.5. The van der Waals surface area contributed by atoms with Crippen LogP contribution in [-0.4, -0.2) is 25.7 Å². The first-order valence-corrected chi connectivity index (χ1v) is 12.4. The summed E-state index contributed by atoms with van der Waals surface area (Å²) < 4.78 is 11.4. The third kappa shape index (κ3) is 5.34. The van der Waals surface area contributed by atoms with Crippen molar-refractivity contribution >= 4 is 5.97 Å². The van der Waals surface area contributed by atoms with Gasteiger partial charge in [0.05, 0.1) is 12.7 Å². The maximum Gasteiger partial charge on any atom is 0.338 e. The summed E-state index contributed by atoms with van der Waals surface area (Å²) in [4.78, 5) is 12.5. The second kappa shape index (κ2) is 10.8. The summed E-state index contributed by atoms with van der Waals surface area (Å²) >= 11 is 0. The number of carbonyl (C=O) groups excluding carboxylic acids is 1. The molecule has 0 saturated heterocycles. The lowest BCUT2D eigenvalue weighted by molar-refractivity contribution is 0.0601. The van der Waals surface area contributed by atoms with Crippen LogP contribution in [-0.2, 0) is 17.7 Å². The van der Waals surface area contributed by atoms with Crippen molar-refractivity contribution in [3.8, 4) is 28.0 Å². The molecule has 1 N–H and O–H groups in total. The van der Waals surface area contributed by atoms with Gasteiger partial charge in [0, 0.05) is 13.1 Å². The lowest BCUT2D eigenvalue weighted by Gasteiger charge is -2.27. The van der Waals surface area contributed by atoms with Crippen LogP contribution in [0.2, 0.25) is 0 Å². The molecule has 0 fully saturated rings. The van der Waals surface area contributed by atoms with Crippen LogP contribution < -0.4 is 10.1 Å². The predicted molar refractivity (Wildman–Crippen MR) is 144 cm³/mol. The Morgan fingerprint density at radius 2 is 1.64 bits per heavy atom. The third-order valence-corrected chi connectivity index (χ3v) is 6.75. The van der Waals surface area contributed by atoms with Gasteiger partial charge in [-0.3, -0.25) is 0 Å². The topological polar surface area (TPSA) is 47.6 Å². The summed E-state index contributed by atoms with van der Waals surface area (Å²) in [6.07, 6.45) is 2.12. The molecule has 4 nitrogen and oxygen atoms in total. The summed E-state index contributed by atoms with van der Waals surface area (Å²) in [5.74, 6) is 0.629. The molecule has 4 aromatic rings. The Balaban J connectivity index is 1.34. The number of ether oxygens (including phenoxy) is 2. The number of methoxy groups -OCH3 is 1. The molecule has 1 atom stereocenters. The van der Waals surface area contributed by atoms with E-state index in [9.17, 15) is 4.79 Å². The molecular formula is C32H31NO3. The zero-order valence-corrected chi connectivity index (χ0v) is 20.8. The van der Waals surface area contributed by atoms with Crippen molar-refractivity contribution in [3.05, 3.63) is 113 Å². The maximum atomic E-state index is 12.5. The fourth-order valence-corrected chi connectivity index (χ4v) is 4.73. The zero-order valence-electron chi connectivity index (χ0n) is 20.8. The van der Waals surface area contributed by atoms with Gasteiger partial charge in [-0.05, 0) is 77.4 Å². The normalized spacial score (nSPS) is 14.6. The molecular weight excluding hydrogens is 446 g/mol. The van der Waals surface area contributed by atoms with Crippen LogP contribution in [0.15, 0.2) is 91.0 Å². The van der Waals surface area contributed by atoms with Crippen molar-refractivity contribution in [2.75, 3.05) is 13.7 Å². The first-order chi connectivity index (χ1) is 17.6. The fraction of sp³-hybridized carbons (Fsp3) is 0.219. The number of aryl methyl sites for hydroxylation is 2. The van der Waals surface area contributed by atoms with Crippen LogP contribution in [0.5, 0.6) is 5.75 Å². The van der Waals surface area contributed by atoms with Crippen LogP contribution in [0.4, 0.5) is 0 Å². The summed E-state index contributed by atoms with van der Waals surface area (Å²) in [6, 6.07) is 31.0. The van der Waals surface area contributed by atoms with Gasteiger partial charge in [-0.25, -0.2) is 4.79 Å². The van der Waals surface area contributed by atoms with Crippen LogP contribution in [0.3, 0.4) is 0 Å². The number of hydrogen-bond acceptors (Lipinski definition) is 4. The summed E-state index contributed by atoms with van der Waals surface area (Å²) in [7, 11) is 1.42. The Labute approximate surface area is 212 Å². The summed E-state index contributed by atoms with van der Waals surface area (Å²) in [6.45, 7) is 3.73. The first-order valence-electron chi connectivity index (χ1n) is 12.4. The SMILES string of the molecule is COC(=O)c1ccc(-c2ccc3c(c2)CCC(CNCc2ccccc2)O3)cc1-c1ccc(C)cc1. The molecule has 1 aliphatic rings. The zero-order chi connectivity index (χ0) is 24.9. The van der Waals surface area contributed by atoms with Gasteiger partial charge >= 0.3 is 5.97 Å². The molecule has 0 amide bonds. The van der Waals surface area contributed by atoms with E-state index in [-0.39, 0.29) is 12.1 Å². The Morgan fingerprint density at radius 3 is 2.42 bits per heavy atom. The molecule has 36 heavy (non-hydrogen) atoms. The highest BCUT2D eigenvalue weighted by molar-refractivity contribution is 5.98. The van der Waals surface area contributed by atoms with E-state index in [2.05, 4.69) is 72.9 Å². The van der Waals surface area contributed by atoms with Crippen molar-refractivity contribution in [1.29, 1.82) is 0 Å². The number of benzene rings is 4. The van der Waals surface area contributed by atoms with E-state index >= 15 is 0 Å². The van der Waals surface area contributed by atoms with E-state index in [1.54, 1.807) is 0 Å². The molecule has 1 heterocycles. The summed E-state index contributed by atoms with van der Waals surface area (Å²) in [5, 5.41) is 3.52. The fourth-order valence-electron chi connectivity index (χ4n) is 4.73. The van der Waals surface area contributed by atoms with E-state index in [0.29, 0.717) is 5.56 Å². The molecule has 4 heteroatoms. The second-order valence-electron chi connectivity index (χ2n) is 9.34. The lowest BCUT2D eigenvalue weighted by Crippen LogP contribution is -2.33. The molecule has 5 rings (SSSR count). The Kier molecular flexibility index (Phi) is 7.15. The number of carbonyl (C=O) groups is 1. The number of fused-ring (bicyclic) bond motifs is 1. The minimum absolute atomic E-state index is 0.166. The molecule has 0 bridgehead atoms. The highest BCUT2D eigenvalue weighted by Crippen LogP contribution is 2.35. The molecule has 1 aliphatic heterocycles. The minimum atomic E-state index is -0.331. The van der Waals surface area contributed by atoms with Crippen molar-refractivity contribution in [2.24, 2.45) is 0 Å². The van der Waals surface area contributed by atoms with Crippen LogP contribution in [0, 0.1) is 6.92 Å². The molecule has 1 unspecified atom stereocenters. The van der Waals surface area contributed by atoms with Crippen molar-refractivity contribution in [2.45, 2.75) is 32.4 Å². The Morgan fingerprint density at radius 1 is 0.917 bits per heavy atom. The molecule has 0 saturated carbocycles. The standard InChI is InChI=1S/C32H31NO3/c1-22-8-10-24(11-9-22)30-19-26(13-16-29(30)32(34)35-2)25-14-17-31-27(18-25)12-15-28(36-31)21-33-20-23-6-4-3-5-7-23/h3-11,13-14,16-19,28,33H,12,15,20-21H2,1-2H3. The van der Waals surface area contributed by atoms with Crippen LogP contribution in [0.25, 0.3) is 22.3 Å². The number of rotatable bonds is 7. The molecule has 0 aliphatic carbocycles. The van der Waals surface area contributed by atoms with Crippen LogP contribution in [0.1, 0.15) is 33.5 Å². The first kappa shape index (κ1) is 23.8. The monoisotopic (exact) mass is 477 g/mol. The molecule has 4 aromatic carbocycles. The van der Waals surface area contributed by atoms with Crippen molar-refractivity contribution in [1.82, 2.24) is 5.32 Å². The molecule has 0 radical (unpaired) electrons. The van der Waals surface area contributed by atoms with Gasteiger partial charge in [-0.2, -0.15) is 0 Å². The second-order valence-corrected chi connectivity index (χ2v) is 9.34. The van der Waals surface area contributed by atoms with Crippen molar-refractivity contribution in [3.63, 3.8) is 0 Å². The highest BCUT2D eigenvalue weighted by Gasteiger charge is 2.21. The van der Waals surface area contributed by atoms with Gasteiger partial charge in [0.1, 0.15) is 11.9 Å². The maximum absolute atomic E-state index is 12.5. The van der Waals surface area contributed by atoms with E-state index in [1.165, 1.54) is 23.8 Å². The summed E-state index contributed by atoms with van der Waals surface area (Å²) in [5.41, 5.74) is 8.29. The predicted octanol–water partition coefficient (Wildman–Crippen LogP) is 6.60. The lowest BCUT2D eigenvalue weighted by atomic mass is 9.92. The van der Waals surface area contributed by atoms with E-state index in [0.717, 1.165) is 53.9 Å². The number of hydrogen-bond donors (Lipinski definition) is 1. The number of esters is 1. The van der Waals surface area contributed by atoms with E-state index in [1.807, 2.05) is 30.3 Å². The van der Waals surface area contributed by atoms with Crippen LogP contribution >= 0.6 is 0 Å². The van der Waals surface area contributed by atoms with Gasteiger partial charge in [0.25, 0.3) is 0 Å². The molecule has 0 spiro atoms. The third-order valence-electron chi connectivity index (χ3n) is 6.75.